The summed E-state index contributed by atoms with van der Waals surface area (Å²) in [5.41, 5.74) is 0. The van der Waals surface area contributed by atoms with Gasteiger partial charge in [-0.2, -0.15) is 0 Å². The van der Waals surface area contributed by atoms with E-state index in [1.54, 1.807) is 6.26 Å². The fourth-order valence-electron chi connectivity index (χ4n) is 3.73. The van der Waals surface area contributed by atoms with Crippen molar-refractivity contribution in [1.82, 2.24) is 10.2 Å². The van der Waals surface area contributed by atoms with Crippen LogP contribution in [0, 0.1) is 12.8 Å². The minimum absolute atomic E-state index is 0.0497. The van der Waals surface area contributed by atoms with Gasteiger partial charge in [0.25, 0.3) is 0 Å². The van der Waals surface area contributed by atoms with Crippen molar-refractivity contribution in [2.24, 2.45) is 5.92 Å². The van der Waals surface area contributed by atoms with Gasteiger partial charge in [-0.15, -0.1) is 0 Å². The number of carbonyl (C=O) groups is 1. The fraction of sp³-hybridized carbons (Fsp3) is 0.526. The van der Waals surface area contributed by atoms with E-state index in [-0.39, 0.29) is 23.8 Å². The molecule has 1 aliphatic heterocycles. The van der Waals surface area contributed by atoms with Gasteiger partial charge in [0.05, 0.1) is 12.3 Å². The van der Waals surface area contributed by atoms with Gasteiger partial charge in [0.15, 0.2) is 0 Å². The summed E-state index contributed by atoms with van der Waals surface area (Å²) in [7, 11) is 0. The zero-order valence-electron chi connectivity index (χ0n) is 14.0. The lowest BCUT2D eigenvalue weighted by Crippen LogP contribution is -2.37. The molecular weight excluding hydrogens is 304 g/mol. The van der Waals surface area contributed by atoms with Crippen LogP contribution in [-0.2, 0) is 4.79 Å². The number of likely N-dealkylation sites (tertiary alicyclic amines) is 1. The second kappa shape index (κ2) is 6.48. The van der Waals surface area contributed by atoms with Gasteiger partial charge >= 0.3 is 0 Å². The Morgan fingerprint density at radius 1 is 1.33 bits per heavy atom. The van der Waals surface area contributed by atoms with Crippen LogP contribution in [0.5, 0.6) is 0 Å². The lowest BCUT2D eigenvalue weighted by Gasteiger charge is -2.26. The van der Waals surface area contributed by atoms with Crippen LogP contribution in [0.1, 0.15) is 48.5 Å². The molecule has 2 aromatic rings. The van der Waals surface area contributed by atoms with E-state index in [1.165, 1.54) is 12.8 Å². The number of amides is 1. The van der Waals surface area contributed by atoms with E-state index in [1.807, 2.05) is 31.2 Å². The van der Waals surface area contributed by atoms with Crippen molar-refractivity contribution in [2.45, 2.75) is 38.1 Å². The minimum Gasteiger partial charge on any atom is -0.469 e. The van der Waals surface area contributed by atoms with Crippen molar-refractivity contribution in [3.05, 3.63) is 47.8 Å². The quantitative estimate of drug-likeness (QED) is 0.884. The molecule has 1 amide bonds. The first-order valence-corrected chi connectivity index (χ1v) is 8.84. The highest BCUT2D eigenvalue weighted by Gasteiger charge is 2.46. The maximum absolute atomic E-state index is 12.5. The number of hydrogen-bond acceptors (Lipinski definition) is 4. The topological polar surface area (TPSA) is 58.6 Å². The molecule has 2 fully saturated rings. The molecule has 0 bridgehead atoms. The number of rotatable bonds is 6. The summed E-state index contributed by atoms with van der Waals surface area (Å²) in [6.07, 6.45) is 4.99. The Morgan fingerprint density at radius 3 is 2.83 bits per heavy atom. The monoisotopic (exact) mass is 328 g/mol. The van der Waals surface area contributed by atoms with E-state index >= 15 is 0 Å². The maximum Gasteiger partial charge on any atom is 0.223 e. The molecule has 2 aromatic heterocycles. The normalized spacial score (nSPS) is 24.9. The second-order valence-corrected chi connectivity index (χ2v) is 6.92. The SMILES string of the molecule is Cc1ccc([C@H](CNC(=O)[C@H]2C[C@H]2c2ccco2)N2CCCC2)o1. The summed E-state index contributed by atoms with van der Waals surface area (Å²) in [6, 6.07) is 7.99. The van der Waals surface area contributed by atoms with Crippen molar-refractivity contribution < 1.29 is 13.6 Å². The third kappa shape index (κ3) is 3.13. The van der Waals surface area contributed by atoms with Crippen LogP contribution in [0.15, 0.2) is 39.4 Å². The molecule has 0 unspecified atom stereocenters. The highest BCUT2D eigenvalue weighted by Crippen LogP contribution is 2.47. The Bertz CT molecular complexity index is 685. The summed E-state index contributed by atoms with van der Waals surface area (Å²) >= 11 is 0. The standard InChI is InChI=1S/C19H24N2O3/c1-13-6-7-18(24-13)16(21-8-2-3-9-21)12-20-19(22)15-11-14(15)17-5-4-10-23-17/h4-7,10,14-16H,2-3,8-9,11-12H2,1H3,(H,20,22)/t14-,15+,16+/m1/s1. The van der Waals surface area contributed by atoms with Crippen LogP contribution < -0.4 is 5.32 Å². The predicted molar refractivity (Wildman–Crippen MR) is 89.6 cm³/mol. The van der Waals surface area contributed by atoms with Crippen molar-refractivity contribution in [3.8, 4) is 0 Å². The molecule has 128 valence electrons. The molecule has 4 rings (SSSR count). The van der Waals surface area contributed by atoms with Gasteiger partial charge in [-0.3, -0.25) is 9.69 Å². The van der Waals surface area contributed by atoms with Crippen LogP contribution >= 0.6 is 0 Å². The average molecular weight is 328 g/mol. The van der Waals surface area contributed by atoms with Gasteiger partial charge < -0.3 is 14.2 Å². The molecule has 5 heteroatoms. The summed E-state index contributed by atoms with van der Waals surface area (Å²) in [5, 5.41) is 3.14. The number of nitrogens with zero attached hydrogens (tertiary/aromatic N) is 1. The molecule has 0 spiro atoms. The van der Waals surface area contributed by atoms with Crippen molar-refractivity contribution in [3.63, 3.8) is 0 Å². The zero-order valence-corrected chi connectivity index (χ0v) is 14.0. The van der Waals surface area contributed by atoms with Crippen LogP contribution in [0.4, 0.5) is 0 Å². The molecule has 3 atom stereocenters. The van der Waals surface area contributed by atoms with Crippen LogP contribution in [0.3, 0.4) is 0 Å². The lowest BCUT2D eigenvalue weighted by atomic mass is 10.2. The van der Waals surface area contributed by atoms with E-state index < -0.39 is 0 Å². The Hall–Kier alpha value is -2.01. The largest absolute Gasteiger partial charge is 0.469 e. The summed E-state index contributed by atoms with van der Waals surface area (Å²) in [4.78, 5) is 14.9. The summed E-state index contributed by atoms with van der Waals surface area (Å²) in [5.74, 6) is 3.22. The van der Waals surface area contributed by atoms with Crippen LogP contribution in [-0.4, -0.2) is 30.4 Å². The van der Waals surface area contributed by atoms with E-state index in [9.17, 15) is 4.79 Å². The lowest BCUT2D eigenvalue weighted by molar-refractivity contribution is -0.122. The Labute approximate surface area is 142 Å². The molecule has 2 aliphatic rings. The molecule has 5 nitrogen and oxygen atoms in total. The second-order valence-electron chi connectivity index (χ2n) is 6.92. The maximum atomic E-state index is 12.5. The van der Waals surface area contributed by atoms with Gasteiger partial charge in [-0.25, -0.2) is 0 Å². The molecule has 1 aliphatic carbocycles. The van der Waals surface area contributed by atoms with E-state index in [0.29, 0.717) is 6.54 Å². The minimum atomic E-state index is 0.0497. The summed E-state index contributed by atoms with van der Waals surface area (Å²) < 4.78 is 11.3. The Kier molecular flexibility index (Phi) is 4.19. The molecule has 1 N–H and O–H groups in total. The number of furan rings is 2. The highest BCUT2D eigenvalue weighted by atomic mass is 16.3. The molecule has 3 heterocycles. The Morgan fingerprint density at radius 2 is 2.17 bits per heavy atom. The van der Waals surface area contributed by atoms with Crippen molar-refractivity contribution in [2.75, 3.05) is 19.6 Å². The fourth-order valence-corrected chi connectivity index (χ4v) is 3.73. The summed E-state index contributed by atoms with van der Waals surface area (Å²) in [6.45, 7) is 4.70. The predicted octanol–water partition coefficient (Wildman–Crippen LogP) is 3.24. The molecule has 0 radical (unpaired) electrons. The molecule has 0 aromatic carbocycles. The highest BCUT2D eigenvalue weighted by molar-refractivity contribution is 5.82. The molecular formula is C19H24N2O3. The van der Waals surface area contributed by atoms with Gasteiger partial charge in [0.1, 0.15) is 17.3 Å². The number of nitrogens with one attached hydrogen (secondary N) is 1. The van der Waals surface area contributed by atoms with Gasteiger partial charge in [-0.1, -0.05) is 0 Å². The molecule has 1 saturated heterocycles. The number of carbonyl (C=O) groups excluding carboxylic acids is 1. The number of hydrogen-bond donors (Lipinski definition) is 1. The Balaban J connectivity index is 1.37. The van der Waals surface area contributed by atoms with Gasteiger partial charge in [-0.05, 0) is 63.5 Å². The molecule has 24 heavy (non-hydrogen) atoms. The third-order valence-corrected chi connectivity index (χ3v) is 5.18. The van der Waals surface area contributed by atoms with Crippen LogP contribution in [0.2, 0.25) is 0 Å². The number of aryl methyl sites for hydroxylation is 1. The van der Waals surface area contributed by atoms with E-state index in [2.05, 4.69) is 10.2 Å². The first-order chi connectivity index (χ1) is 11.7. The van der Waals surface area contributed by atoms with Gasteiger partial charge in [0.2, 0.25) is 5.91 Å². The smallest absolute Gasteiger partial charge is 0.223 e. The van der Waals surface area contributed by atoms with Gasteiger partial charge in [0, 0.05) is 18.4 Å². The zero-order chi connectivity index (χ0) is 16.5. The van der Waals surface area contributed by atoms with E-state index in [4.69, 9.17) is 8.83 Å². The first-order valence-electron chi connectivity index (χ1n) is 8.84. The van der Waals surface area contributed by atoms with Crippen LogP contribution in [0.25, 0.3) is 0 Å². The van der Waals surface area contributed by atoms with Crippen molar-refractivity contribution in [1.29, 1.82) is 0 Å². The van der Waals surface area contributed by atoms with Crippen molar-refractivity contribution >= 4 is 5.91 Å². The first kappa shape index (κ1) is 15.5. The van der Waals surface area contributed by atoms with E-state index in [0.717, 1.165) is 36.8 Å². The average Bonchev–Trinajstić information content (AvgIpc) is 3.03. The third-order valence-electron chi connectivity index (χ3n) is 5.18. The molecule has 1 saturated carbocycles.